The van der Waals surface area contributed by atoms with Crippen molar-refractivity contribution in [3.05, 3.63) is 35.9 Å². The average molecular weight is 357 g/mol. The number of hydrogen-bond acceptors (Lipinski definition) is 4. The van der Waals surface area contributed by atoms with Crippen LogP contribution in [0.3, 0.4) is 0 Å². The third-order valence-corrected chi connectivity index (χ3v) is 5.14. The quantitative estimate of drug-likeness (QED) is 0.594. The third kappa shape index (κ3) is 4.91. The second kappa shape index (κ2) is 8.94. The molecule has 6 heteroatoms. The SMILES string of the molecule is O=C(NCCCN1C(=O)CCC1=O)C1CCCN(Cc2ccccc2)C1. The lowest BCUT2D eigenvalue weighted by Crippen LogP contribution is -2.43. The minimum absolute atomic E-state index is 0.0162. The van der Waals surface area contributed by atoms with Crippen LogP contribution in [-0.4, -0.2) is 53.7 Å². The number of nitrogens with zero attached hydrogens (tertiary/aromatic N) is 2. The van der Waals surface area contributed by atoms with Gasteiger partial charge in [-0.05, 0) is 31.4 Å². The van der Waals surface area contributed by atoms with E-state index in [1.165, 1.54) is 10.5 Å². The number of hydrogen-bond donors (Lipinski definition) is 1. The Morgan fingerprint density at radius 3 is 2.58 bits per heavy atom. The van der Waals surface area contributed by atoms with Crippen LogP contribution in [0.15, 0.2) is 30.3 Å². The maximum absolute atomic E-state index is 12.4. The van der Waals surface area contributed by atoms with Gasteiger partial charge in [0.25, 0.3) is 0 Å². The molecule has 3 rings (SSSR count). The van der Waals surface area contributed by atoms with E-state index in [0.29, 0.717) is 32.4 Å². The van der Waals surface area contributed by atoms with Crippen LogP contribution in [0.5, 0.6) is 0 Å². The van der Waals surface area contributed by atoms with E-state index in [1.807, 2.05) is 18.2 Å². The van der Waals surface area contributed by atoms with Gasteiger partial charge < -0.3 is 5.32 Å². The van der Waals surface area contributed by atoms with Crippen molar-refractivity contribution in [1.29, 1.82) is 0 Å². The number of likely N-dealkylation sites (tertiary alicyclic amines) is 2. The van der Waals surface area contributed by atoms with Gasteiger partial charge in [0.2, 0.25) is 17.7 Å². The average Bonchev–Trinajstić information content (AvgIpc) is 2.98. The molecule has 140 valence electrons. The predicted molar refractivity (Wildman–Crippen MR) is 98.0 cm³/mol. The molecule has 0 aromatic heterocycles. The third-order valence-electron chi connectivity index (χ3n) is 5.14. The maximum Gasteiger partial charge on any atom is 0.229 e. The zero-order valence-corrected chi connectivity index (χ0v) is 15.2. The van der Waals surface area contributed by atoms with Crippen molar-refractivity contribution in [2.75, 3.05) is 26.2 Å². The molecule has 0 aliphatic carbocycles. The fourth-order valence-electron chi connectivity index (χ4n) is 3.72. The van der Waals surface area contributed by atoms with E-state index in [4.69, 9.17) is 0 Å². The molecule has 1 aromatic carbocycles. The molecule has 0 radical (unpaired) electrons. The zero-order chi connectivity index (χ0) is 18.4. The Morgan fingerprint density at radius 2 is 1.85 bits per heavy atom. The van der Waals surface area contributed by atoms with Gasteiger partial charge in [-0.3, -0.25) is 24.2 Å². The Balaban J connectivity index is 1.38. The van der Waals surface area contributed by atoms with Gasteiger partial charge >= 0.3 is 0 Å². The van der Waals surface area contributed by atoms with Gasteiger partial charge in [0, 0.05) is 39.0 Å². The van der Waals surface area contributed by atoms with E-state index in [2.05, 4.69) is 22.3 Å². The summed E-state index contributed by atoms with van der Waals surface area (Å²) in [5.74, 6) is -0.0836. The Morgan fingerprint density at radius 1 is 1.12 bits per heavy atom. The molecule has 2 fully saturated rings. The first-order chi connectivity index (χ1) is 12.6. The van der Waals surface area contributed by atoms with Crippen LogP contribution in [0.1, 0.15) is 37.7 Å². The van der Waals surface area contributed by atoms with E-state index in [1.54, 1.807) is 0 Å². The molecule has 2 saturated heterocycles. The molecule has 6 nitrogen and oxygen atoms in total. The summed E-state index contributed by atoms with van der Waals surface area (Å²) < 4.78 is 0. The molecule has 0 spiro atoms. The van der Waals surface area contributed by atoms with Crippen LogP contribution in [0, 0.1) is 5.92 Å². The van der Waals surface area contributed by atoms with Crippen LogP contribution in [0.4, 0.5) is 0 Å². The number of piperidine rings is 1. The molecule has 0 saturated carbocycles. The molecule has 1 N–H and O–H groups in total. The lowest BCUT2D eigenvalue weighted by Gasteiger charge is -2.32. The van der Waals surface area contributed by atoms with Crippen LogP contribution >= 0.6 is 0 Å². The molecule has 2 aliphatic rings. The summed E-state index contributed by atoms with van der Waals surface area (Å²) >= 11 is 0. The normalized spacial score (nSPS) is 21.2. The number of amides is 3. The number of benzene rings is 1. The second-order valence-electron chi connectivity index (χ2n) is 7.14. The highest BCUT2D eigenvalue weighted by Gasteiger charge is 2.28. The highest BCUT2D eigenvalue weighted by atomic mass is 16.2. The van der Waals surface area contributed by atoms with Crippen molar-refractivity contribution in [2.24, 2.45) is 5.92 Å². The summed E-state index contributed by atoms with van der Waals surface area (Å²) in [6.45, 7) is 3.60. The van der Waals surface area contributed by atoms with Gasteiger partial charge in [-0.15, -0.1) is 0 Å². The van der Waals surface area contributed by atoms with Crippen molar-refractivity contribution in [3.8, 4) is 0 Å². The zero-order valence-electron chi connectivity index (χ0n) is 15.2. The van der Waals surface area contributed by atoms with Gasteiger partial charge in [0.1, 0.15) is 0 Å². The van der Waals surface area contributed by atoms with Crippen LogP contribution in [0.25, 0.3) is 0 Å². The molecular weight excluding hydrogens is 330 g/mol. The largest absolute Gasteiger partial charge is 0.356 e. The first-order valence-electron chi connectivity index (χ1n) is 9.50. The van der Waals surface area contributed by atoms with E-state index in [0.717, 1.165) is 32.5 Å². The van der Waals surface area contributed by atoms with Crippen molar-refractivity contribution in [3.63, 3.8) is 0 Å². The van der Waals surface area contributed by atoms with Gasteiger partial charge in [-0.2, -0.15) is 0 Å². The van der Waals surface area contributed by atoms with E-state index in [9.17, 15) is 14.4 Å². The monoisotopic (exact) mass is 357 g/mol. The Kier molecular flexibility index (Phi) is 6.39. The highest BCUT2D eigenvalue weighted by Crippen LogP contribution is 2.19. The van der Waals surface area contributed by atoms with Crippen molar-refractivity contribution >= 4 is 17.7 Å². The number of carbonyl (C=O) groups is 3. The number of carbonyl (C=O) groups excluding carboxylic acids is 3. The fourth-order valence-corrected chi connectivity index (χ4v) is 3.72. The lowest BCUT2D eigenvalue weighted by atomic mass is 9.96. The molecule has 1 aromatic rings. The first-order valence-corrected chi connectivity index (χ1v) is 9.50. The number of nitrogens with one attached hydrogen (secondary N) is 1. The van der Waals surface area contributed by atoms with E-state index < -0.39 is 0 Å². The number of rotatable bonds is 7. The topological polar surface area (TPSA) is 69.7 Å². The maximum atomic E-state index is 12.4. The summed E-state index contributed by atoms with van der Waals surface area (Å²) in [4.78, 5) is 39.2. The Hall–Kier alpha value is -2.21. The molecular formula is C20H27N3O3. The molecule has 3 amide bonds. The minimum Gasteiger partial charge on any atom is -0.356 e. The van der Waals surface area contributed by atoms with Crippen molar-refractivity contribution in [1.82, 2.24) is 15.1 Å². The molecule has 1 atom stereocenters. The predicted octanol–water partition coefficient (Wildman–Crippen LogP) is 1.55. The Bertz CT molecular complexity index is 631. The molecule has 2 heterocycles. The number of imide groups is 1. The first kappa shape index (κ1) is 18.6. The summed E-state index contributed by atoms with van der Waals surface area (Å²) in [7, 11) is 0. The van der Waals surface area contributed by atoms with Gasteiger partial charge in [-0.25, -0.2) is 0 Å². The van der Waals surface area contributed by atoms with Crippen LogP contribution in [0.2, 0.25) is 0 Å². The second-order valence-corrected chi connectivity index (χ2v) is 7.14. The summed E-state index contributed by atoms with van der Waals surface area (Å²) in [6, 6.07) is 10.3. The van der Waals surface area contributed by atoms with Crippen LogP contribution < -0.4 is 5.32 Å². The van der Waals surface area contributed by atoms with Gasteiger partial charge in [-0.1, -0.05) is 30.3 Å². The van der Waals surface area contributed by atoms with E-state index >= 15 is 0 Å². The standard InChI is InChI=1S/C20H27N3O3/c24-18-9-10-19(25)23(18)13-5-11-21-20(26)17-8-4-12-22(15-17)14-16-6-2-1-3-7-16/h1-3,6-7,17H,4-5,8-15H2,(H,21,26). The molecule has 2 aliphatic heterocycles. The molecule has 26 heavy (non-hydrogen) atoms. The van der Waals surface area contributed by atoms with Gasteiger partial charge in [0.15, 0.2) is 0 Å². The lowest BCUT2D eigenvalue weighted by molar-refractivity contribution is -0.138. The van der Waals surface area contributed by atoms with Crippen LogP contribution in [-0.2, 0) is 20.9 Å². The summed E-state index contributed by atoms with van der Waals surface area (Å²) in [5, 5.41) is 2.98. The van der Waals surface area contributed by atoms with Gasteiger partial charge in [0.05, 0.1) is 5.92 Å². The van der Waals surface area contributed by atoms with Crippen molar-refractivity contribution in [2.45, 2.75) is 38.6 Å². The fraction of sp³-hybridized carbons (Fsp3) is 0.550. The minimum atomic E-state index is -0.0924. The molecule has 1 unspecified atom stereocenters. The highest BCUT2D eigenvalue weighted by molar-refractivity contribution is 6.01. The summed E-state index contributed by atoms with van der Waals surface area (Å²) in [6.07, 6.45) is 3.21. The van der Waals surface area contributed by atoms with E-state index in [-0.39, 0.29) is 23.6 Å². The smallest absolute Gasteiger partial charge is 0.229 e. The molecule has 0 bridgehead atoms. The van der Waals surface area contributed by atoms with Crippen molar-refractivity contribution < 1.29 is 14.4 Å². The summed E-state index contributed by atoms with van der Waals surface area (Å²) in [5.41, 5.74) is 1.27. The Labute approximate surface area is 154 Å².